The number of nitrogens with zero attached hydrogens (tertiary/aromatic N) is 5. The van der Waals surface area contributed by atoms with E-state index in [0.29, 0.717) is 19.5 Å². The van der Waals surface area contributed by atoms with Crippen LogP contribution in [0.5, 0.6) is 5.75 Å². The summed E-state index contributed by atoms with van der Waals surface area (Å²) in [5.74, 6) is 3.04. The summed E-state index contributed by atoms with van der Waals surface area (Å²) in [7, 11) is 7.72. The van der Waals surface area contributed by atoms with Crippen LogP contribution in [0.3, 0.4) is 0 Å². The number of ether oxygens (including phenoxy) is 1. The Balaban J connectivity index is 1.35. The normalized spacial score (nSPS) is 18.4. The third-order valence-electron chi connectivity index (χ3n) is 6.59. The number of nitrogens with one attached hydrogen (secondary N) is 1. The number of benzene rings is 1. The highest BCUT2D eigenvalue weighted by molar-refractivity contribution is 5.77. The summed E-state index contributed by atoms with van der Waals surface area (Å²) < 4.78 is 5.22. The minimum atomic E-state index is 0.196. The molecule has 2 aromatic rings. The van der Waals surface area contributed by atoms with Crippen LogP contribution in [0.4, 0.5) is 11.5 Å². The van der Waals surface area contributed by atoms with Gasteiger partial charge in [0, 0.05) is 76.8 Å². The van der Waals surface area contributed by atoms with E-state index in [1.165, 1.54) is 5.56 Å². The van der Waals surface area contributed by atoms with Crippen molar-refractivity contribution in [2.24, 2.45) is 0 Å². The van der Waals surface area contributed by atoms with Crippen molar-refractivity contribution in [1.82, 2.24) is 19.8 Å². The molecule has 32 heavy (non-hydrogen) atoms. The highest BCUT2D eigenvalue weighted by atomic mass is 16.5. The van der Waals surface area contributed by atoms with Gasteiger partial charge in [0.05, 0.1) is 12.8 Å². The van der Waals surface area contributed by atoms with Crippen molar-refractivity contribution in [2.75, 3.05) is 64.6 Å². The van der Waals surface area contributed by atoms with E-state index < -0.39 is 0 Å². The molecule has 0 bridgehead atoms. The molecule has 0 spiro atoms. The molecule has 3 heterocycles. The van der Waals surface area contributed by atoms with E-state index >= 15 is 0 Å². The molecule has 1 atom stereocenters. The molecule has 2 aliphatic heterocycles. The summed E-state index contributed by atoms with van der Waals surface area (Å²) in [6.45, 7) is 4.05. The third-order valence-corrected chi connectivity index (χ3v) is 6.59. The van der Waals surface area contributed by atoms with Gasteiger partial charge in [-0.25, -0.2) is 9.97 Å². The van der Waals surface area contributed by atoms with Crippen LogP contribution in [0.2, 0.25) is 0 Å². The first-order chi connectivity index (χ1) is 15.5. The number of carbonyl (C=O) groups excluding carboxylic acids is 1. The Hall–Kier alpha value is -2.87. The second kappa shape index (κ2) is 9.73. The minimum absolute atomic E-state index is 0.196. The fraction of sp³-hybridized carbons (Fsp3) is 0.542. The number of likely N-dealkylation sites (N-methyl/N-ethyl adjacent to an activating group) is 1. The van der Waals surface area contributed by atoms with Crippen LogP contribution < -0.4 is 15.0 Å². The molecule has 1 saturated heterocycles. The molecule has 0 unspecified atom stereocenters. The summed E-state index contributed by atoms with van der Waals surface area (Å²) in [5, 5.41) is 3.26. The van der Waals surface area contributed by atoms with Crippen molar-refractivity contribution in [2.45, 2.75) is 31.7 Å². The molecule has 1 aromatic heterocycles. The summed E-state index contributed by atoms with van der Waals surface area (Å²) in [6.07, 6.45) is 2.36. The smallest absolute Gasteiger partial charge is 0.224 e. The minimum Gasteiger partial charge on any atom is -0.497 e. The Bertz CT molecular complexity index is 931. The van der Waals surface area contributed by atoms with Gasteiger partial charge >= 0.3 is 0 Å². The van der Waals surface area contributed by atoms with E-state index in [-0.39, 0.29) is 11.8 Å². The SMILES string of the molecule is CNc1nc([C@@H]2CCN(C(=O)CCN(C)c3ccc(OC)cc3)C2)nc2c1CN(C)CC2. The molecule has 2 aliphatic rings. The van der Waals surface area contributed by atoms with Crippen LogP contribution >= 0.6 is 0 Å². The van der Waals surface area contributed by atoms with Crippen molar-refractivity contribution in [3.05, 3.63) is 41.3 Å². The molecule has 1 aromatic carbocycles. The van der Waals surface area contributed by atoms with Crippen LogP contribution in [-0.4, -0.2) is 80.1 Å². The number of fused-ring (bicyclic) bond motifs is 1. The van der Waals surface area contributed by atoms with Crippen LogP contribution in [0.1, 0.15) is 35.8 Å². The average Bonchev–Trinajstić information content (AvgIpc) is 3.32. The molecule has 8 heteroatoms. The van der Waals surface area contributed by atoms with E-state index in [1.54, 1.807) is 7.11 Å². The lowest BCUT2D eigenvalue weighted by molar-refractivity contribution is -0.129. The van der Waals surface area contributed by atoms with Gasteiger partial charge < -0.3 is 24.8 Å². The van der Waals surface area contributed by atoms with Gasteiger partial charge in [0.25, 0.3) is 0 Å². The second-order valence-corrected chi connectivity index (χ2v) is 8.79. The molecule has 8 nitrogen and oxygen atoms in total. The first-order valence-corrected chi connectivity index (χ1v) is 11.4. The number of likely N-dealkylation sites (tertiary alicyclic amines) is 1. The lowest BCUT2D eigenvalue weighted by Crippen LogP contribution is -2.32. The van der Waals surface area contributed by atoms with Gasteiger partial charge in [-0.3, -0.25) is 4.79 Å². The summed E-state index contributed by atoms with van der Waals surface area (Å²) in [5.41, 5.74) is 3.44. The number of anilines is 2. The van der Waals surface area contributed by atoms with Gasteiger partial charge in [0.2, 0.25) is 5.91 Å². The average molecular weight is 439 g/mol. The quantitative estimate of drug-likeness (QED) is 0.711. The number of hydrogen-bond donors (Lipinski definition) is 1. The predicted molar refractivity (Wildman–Crippen MR) is 126 cm³/mol. The van der Waals surface area contributed by atoms with Gasteiger partial charge in [-0.05, 0) is 37.7 Å². The first-order valence-electron chi connectivity index (χ1n) is 11.4. The van der Waals surface area contributed by atoms with Gasteiger partial charge in [0.15, 0.2) is 0 Å². The summed E-state index contributed by atoms with van der Waals surface area (Å²) in [4.78, 5) is 29.0. The number of methoxy groups -OCH3 is 1. The monoisotopic (exact) mass is 438 g/mol. The van der Waals surface area contributed by atoms with Crippen LogP contribution in [-0.2, 0) is 17.8 Å². The molecule has 0 aliphatic carbocycles. The molecular formula is C24H34N6O2. The Morgan fingerprint density at radius 2 is 2.03 bits per heavy atom. The number of rotatable bonds is 7. The molecule has 0 radical (unpaired) electrons. The fourth-order valence-corrected chi connectivity index (χ4v) is 4.54. The molecule has 0 saturated carbocycles. The van der Waals surface area contributed by atoms with Crippen molar-refractivity contribution >= 4 is 17.4 Å². The van der Waals surface area contributed by atoms with Gasteiger partial charge in [0.1, 0.15) is 17.4 Å². The number of aromatic nitrogens is 2. The predicted octanol–water partition coefficient (Wildman–Crippen LogP) is 2.36. The molecule has 1 amide bonds. The number of amides is 1. The standard InChI is InChI=1S/C24H34N6O2/c1-25-24-20-16-28(2)12-10-21(20)26-23(27-24)17-9-14-30(15-17)22(31)11-13-29(3)18-5-7-19(32-4)8-6-18/h5-8,17H,9-16H2,1-4H3,(H,25,26,27)/t17-/m1/s1. The van der Waals surface area contributed by atoms with E-state index in [2.05, 4.69) is 22.2 Å². The fourth-order valence-electron chi connectivity index (χ4n) is 4.54. The zero-order chi connectivity index (χ0) is 22.7. The Kier molecular flexibility index (Phi) is 6.79. The van der Waals surface area contributed by atoms with Gasteiger partial charge in [-0.1, -0.05) is 0 Å². The molecular weight excluding hydrogens is 404 g/mol. The van der Waals surface area contributed by atoms with E-state index in [4.69, 9.17) is 14.7 Å². The van der Waals surface area contributed by atoms with Crippen LogP contribution in [0, 0.1) is 0 Å². The van der Waals surface area contributed by atoms with E-state index in [0.717, 1.165) is 61.2 Å². The summed E-state index contributed by atoms with van der Waals surface area (Å²) in [6, 6.07) is 7.91. The molecule has 4 rings (SSSR count). The zero-order valence-electron chi connectivity index (χ0n) is 19.6. The van der Waals surface area contributed by atoms with Gasteiger partial charge in [-0.15, -0.1) is 0 Å². The Morgan fingerprint density at radius 1 is 1.25 bits per heavy atom. The zero-order valence-corrected chi connectivity index (χ0v) is 19.6. The topological polar surface area (TPSA) is 73.8 Å². The Labute approximate surface area is 190 Å². The first kappa shape index (κ1) is 22.3. The van der Waals surface area contributed by atoms with Crippen molar-refractivity contribution < 1.29 is 9.53 Å². The van der Waals surface area contributed by atoms with Crippen LogP contribution in [0.25, 0.3) is 0 Å². The lowest BCUT2D eigenvalue weighted by atomic mass is 10.0. The second-order valence-electron chi connectivity index (χ2n) is 8.79. The number of hydrogen-bond acceptors (Lipinski definition) is 7. The molecule has 1 N–H and O–H groups in total. The van der Waals surface area contributed by atoms with Crippen molar-refractivity contribution in [3.63, 3.8) is 0 Å². The van der Waals surface area contributed by atoms with E-state index in [9.17, 15) is 4.79 Å². The summed E-state index contributed by atoms with van der Waals surface area (Å²) >= 11 is 0. The molecule has 1 fully saturated rings. The third kappa shape index (κ3) is 4.80. The van der Waals surface area contributed by atoms with Crippen molar-refractivity contribution in [1.29, 1.82) is 0 Å². The van der Waals surface area contributed by atoms with E-state index in [1.807, 2.05) is 43.3 Å². The highest BCUT2D eigenvalue weighted by Crippen LogP contribution is 2.30. The van der Waals surface area contributed by atoms with Gasteiger partial charge in [-0.2, -0.15) is 0 Å². The maximum absolute atomic E-state index is 12.9. The largest absolute Gasteiger partial charge is 0.497 e. The lowest BCUT2D eigenvalue weighted by Gasteiger charge is -2.26. The van der Waals surface area contributed by atoms with Crippen molar-refractivity contribution in [3.8, 4) is 5.75 Å². The Morgan fingerprint density at radius 3 is 2.75 bits per heavy atom. The maximum Gasteiger partial charge on any atom is 0.224 e. The maximum atomic E-state index is 12.9. The number of carbonyl (C=O) groups is 1. The molecule has 172 valence electrons. The van der Waals surface area contributed by atoms with Crippen LogP contribution in [0.15, 0.2) is 24.3 Å². The highest BCUT2D eigenvalue weighted by Gasteiger charge is 2.31.